The minimum atomic E-state index is -0.352. The molecule has 0 radical (unpaired) electrons. The first-order chi connectivity index (χ1) is 11.9. The van der Waals surface area contributed by atoms with Gasteiger partial charge in [0.2, 0.25) is 0 Å². The van der Waals surface area contributed by atoms with Crippen LogP contribution in [0.4, 0.5) is 10.1 Å². The number of aryl methyl sites for hydroxylation is 1. The minimum absolute atomic E-state index is 0.266. The van der Waals surface area contributed by atoms with Gasteiger partial charge in [0.1, 0.15) is 5.82 Å². The number of carbonyl (C=O) groups excluding carboxylic acids is 1. The van der Waals surface area contributed by atoms with E-state index >= 15 is 0 Å². The summed E-state index contributed by atoms with van der Waals surface area (Å²) in [7, 11) is 0. The zero-order chi connectivity index (χ0) is 18.0. The number of carbonyl (C=O) groups is 1. The van der Waals surface area contributed by atoms with E-state index in [9.17, 15) is 9.18 Å². The lowest BCUT2D eigenvalue weighted by Gasteiger charge is -2.30. The topological polar surface area (TPSA) is 53.2 Å². The van der Waals surface area contributed by atoms with E-state index in [0.29, 0.717) is 22.1 Å². The van der Waals surface area contributed by atoms with Gasteiger partial charge in [0.15, 0.2) is 5.11 Å². The molecular weight excluding hydrogens is 337 g/mol. The Hall–Kier alpha value is -2.73. The van der Waals surface area contributed by atoms with Gasteiger partial charge < -0.3 is 16.0 Å². The van der Waals surface area contributed by atoms with Crippen LogP contribution in [0.25, 0.3) is 0 Å². The number of halogens is 1. The van der Waals surface area contributed by atoms with Gasteiger partial charge in [-0.25, -0.2) is 4.39 Å². The Morgan fingerprint density at radius 2 is 1.72 bits per heavy atom. The van der Waals surface area contributed by atoms with Crippen LogP contribution in [0.2, 0.25) is 0 Å². The molecule has 0 fully saturated rings. The normalized spacial score (nSPS) is 16.9. The van der Waals surface area contributed by atoms with Gasteiger partial charge in [-0.3, -0.25) is 4.79 Å². The van der Waals surface area contributed by atoms with Crippen LogP contribution < -0.4 is 16.0 Å². The molecule has 0 saturated carbocycles. The molecule has 0 aliphatic carbocycles. The van der Waals surface area contributed by atoms with Gasteiger partial charge in [-0.1, -0.05) is 29.8 Å². The number of benzene rings is 2. The van der Waals surface area contributed by atoms with Crippen molar-refractivity contribution >= 4 is 28.9 Å². The van der Waals surface area contributed by atoms with Crippen molar-refractivity contribution in [2.45, 2.75) is 19.9 Å². The Kier molecular flexibility index (Phi) is 4.81. The Morgan fingerprint density at radius 1 is 1.08 bits per heavy atom. The second-order valence-electron chi connectivity index (χ2n) is 5.94. The molecule has 0 unspecified atom stereocenters. The summed E-state index contributed by atoms with van der Waals surface area (Å²) in [6.07, 6.45) is 0. The number of rotatable bonds is 3. The van der Waals surface area contributed by atoms with Gasteiger partial charge in [0, 0.05) is 11.4 Å². The van der Waals surface area contributed by atoms with Crippen molar-refractivity contribution in [3.63, 3.8) is 0 Å². The molecule has 2 aromatic carbocycles. The first kappa shape index (κ1) is 17.1. The maximum Gasteiger partial charge on any atom is 0.255 e. The van der Waals surface area contributed by atoms with Gasteiger partial charge >= 0.3 is 0 Å². The molecule has 0 saturated heterocycles. The molecule has 3 rings (SSSR count). The SMILES string of the molecule is CC1=C(C(=O)Nc2ccc(F)cc2)[C@H](c2ccc(C)cc2)NC(=S)N1. The van der Waals surface area contributed by atoms with E-state index in [4.69, 9.17) is 12.2 Å². The molecule has 1 aliphatic heterocycles. The number of anilines is 1. The van der Waals surface area contributed by atoms with E-state index in [1.165, 1.54) is 24.3 Å². The third-order valence-corrected chi connectivity index (χ3v) is 4.25. The molecule has 2 aromatic rings. The predicted molar refractivity (Wildman–Crippen MR) is 101 cm³/mol. The summed E-state index contributed by atoms with van der Waals surface area (Å²) in [6.45, 7) is 3.82. The molecule has 6 heteroatoms. The lowest BCUT2D eigenvalue weighted by molar-refractivity contribution is -0.113. The molecule has 4 nitrogen and oxygen atoms in total. The van der Waals surface area contributed by atoms with Gasteiger partial charge in [-0.05, 0) is 55.9 Å². The molecule has 25 heavy (non-hydrogen) atoms. The second kappa shape index (κ2) is 7.03. The van der Waals surface area contributed by atoms with Crippen molar-refractivity contribution in [3.05, 3.63) is 76.7 Å². The van der Waals surface area contributed by atoms with E-state index in [1.54, 1.807) is 0 Å². The number of hydrogen-bond donors (Lipinski definition) is 3. The number of allylic oxidation sites excluding steroid dienone is 1. The van der Waals surface area contributed by atoms with Gasteiger partial charge in [-0.15, -0.1) is 0 Å². The zero-order valence-electron chi connectivity index (χ0n) is 13.9. The number of amides is 1. The molecule has 0 spiro atoms. The van der Waals surface area contributed by atoms with E-state index in [2.05, 4.69) is 16.0 Å². The average molecular weight is 355 g/mol. The predicted octanol–water partition coefficient (Wildman–Crippen LogP) is 3.57. The van der Waals surface area contributed by atoms with Gasteiger partial charge in [-0.2, -0.15) is 0 Å². The van der Waals surface area contributed by atoms with Crippen molar-refractivity contribution in [2.75, 3.05) is 5.32 Å². The first-order valence-corrected chi connectivity index (χ1v) is 8.26. The van der Waals surface area contributed by atoms with Crippen LogP contribution in [0.15, 0.2) is 59.8 Å². The van der Waals surface area contributed by atoms with Crippen LogP contribution in [0.1, 0.15) is 24.1 Å². The van der Waals surface area contributed by atoms with Gasteiger partial charge in [0.05, 0.1) is 11.6 Å². The van der Waals surface area contributed by atoms with E-state index < -0.39 is 0 Å². The first-order valence-electron chi connectivity index (χ1n) is 7.86. The molecule has 1 heterocycles. The summed E-state index contributed by atoms with van der Waals surface area (Å²) >= 11 is 5.24. The van der Waals surface area contributed by atoms with Crippen molar-refractivity contribution in [2.24, 2.45) is 0 Å². The largest absolute Gasteiger partial charge is 0.351 e. The minimum Gasteiger partial charge on any atom is -0.351 e. The molecule has 128 valence electrons. The average Bonchev–Trinajstić information content (AvgIpc) is 2.57. The maximum atomic E-state index is 13.0. The summed E-state index contributed by atoms with van der Waals surface area (Å²) in [4.78, 5) is 12.8. The monoisotopic (exact) mass is 355 g/mol. The van der Waals surface area contributed by atoms with Crippen LogP contribution in [-0.4, -0.2) is 11.0 Å². The highest BCUT2D eigenvalue weighted by atomic mass is 32.1. The van der Waals surface area contributed by atoms with Crippen LogP contribution >= 0.6 is 12.2 Å². The van der Waals surface area contributed by atoms with Crippen LogP contribution in [0, 0.1) is 12.7 Å². The molecule has 1 amide bonds. The van der Waals surface area contributed by atoms with Crippen LogP contribution in [-0.2, 0) is 4.79 Å². The Morgan fingerprint density at radius 3 is 2.36 bits per heavy atom. The fraction of sp³-hybridized carbons (Fsp3) is 0.158. The fourth-order valence-corrected chi connectivity index (χ4v) is 3.01. The number of nitrogens with one attached hydrogen (secondary N) is 3. The second-order valence-corrected chi connectivity index (χ2v) is 6.35. The summed E-state index contributed by atoms with van der Waals surface area (Å²) in [6, 6.07) is 13.2. The summed E-state index contributed by atoms with van der Waals surface area (Å²) in [5.74, 6) is -0.616. The Balaban J connectivity index is 1.92. The Bertz CT molecular complexity index is 844. The molecule has 1 atom stereocenters. The standard InChI is InChI=1S/C19H18FN3OS/c1-11-3-5-13(6-4-11)17-16(12(2)21-19(25)23-17)18(24)22-15-9-7-14(20)8-10-15/h3-10,17H,1-2H3,(H,22,24)(H2,21,23,25)/t17-/m0/s1. The highest BCUT2D eigenvalue weighted by molar-refractivity contribution is 7.80. The van der Waals surface area contributed by atoms with E-state index in [1.807, 2.05) is 38.1 Å². The van der Waals surface area contributed by atoms with Crippen molar-refractivity contribution in [3.8, 4) is 0 Å². The van der Waals surface area contributed by atoms with Gasteiger partial charge in [0.25, 0.3) is 5.91 Å². The third-order valence-electron chi connectivity index (χ3n) is 4.03. The molecule has 0 bridgehead atoms. The number of hydrogen-bond acceptors (Lipinski definition) is 2. The Labute approximate surface area is 151 Å². The summed E-state index contributed by atoms with van der Waals surface area (Å²) < 4.78 is 13.0. The highest BCUT2D eigenvalue weighted by Crippen LogP contribution is 2.28. The molecule has 1 aliphatic rings. The van der Waals surface area contributed by atoms with Crippen molar-refractivity contribution in [1.29, 1.82) is 0 Å². The summed E-state index contributed by atoms with van der Waals surface area (Å²) in [5, 5.41) is 9.43. The molecular formula is C19H18FN3OS. The smallest absolute Gasteiger partial charge is 0.255 e. The maximum absolute atomic E-state index is 13.0. The van der Waals surface area contributed by atoms with E-state index in [-0.39, 0.29) is 17.8 Å². The highest BCUT2D eigenvalue weighted by Gasteiger charge is 2.29. The lowest BCUT2D eigenvalue weighted by atomic mass is 9.94. The lowest BCUT2D eigenvalue weighted by Crippen LogP contribution is -2.45. The molecule has 0 aromatic heterocycles. The van der Waals surface area contributed by atoms with Crippen molar-refractivity contribution < 1.29 is 9.18 Å². The van der Waals surface area contributed by atoms with Crippen LogP contribution in [0.3, 0.4) is 0 Å². The van der Waals surface area contributed by atoms with E-state index in [0.717, 1.165) is 11.1 Å². The van der Waals surface area contributed by atoms with Crippen molar-refractivity contribution in [1.82, 2.24) is 10.6 Å². The molecule has 3 N–H and O–H groups in total. The summed E-state index contributed by atoms with van der Waals surface area (Å²) in [5.41, 5.74) is 3.84. The fourth-order valence-electron chi connectivity index (χ4n) is 2.74. The van der Waals surface area contributed by atoms with Crippen LogP contribution in [0.5, 0.6) is 0 Å². The third kappa shape index (κ3) is 3.85. The zero-order valence-corrected chi connectivity index (χ0v) is 14.7. The number of thiocarbonyl (C=S) groups is 1. The quantitative estimate of drug-likeness (QED) is 0.737.